The number of rotatable bonds is 8. The molecule has 0 aromatic heterocycles. The van der Waals surface area contributed by atoms with E-state index in [0.717, 1.165) is 23.5 Å². The molecule has 0 saturated carbocycles. The molecule has 114 valence electrons. The maximum Gasteiger partial charge on any atom is 0.161 e. The van der Waals surface area contributed by atoms with E-state index in [2.05, 4.69) is 0 Å². The molecule has 2 N–H and O–H groups in total. The Kier molecular flexibility index (Phi) is 6.30. The van der Waals surface area contributed by atoms with Gasteiger partial charge < -0.3 is 19.9 Å². The van der Waals surface area contributed by atoms with Crippen LogP contribution in [0.25, 0.3) is 0 Å². The van der Waals surface area contributed by atoms with Crippen molar-refractivity contribution in [2.45, 2.75) is 45.8 Å². The summed E-state index contributed by atoms with van der Waals surface area (Å²) in [5.41, 5.74) is 7.05. The van der Waals surface area contributed by atoms with Gasteiger partial charge in [-0.1, -0.05) is 6.07 Å². The second-order valence-corrected chi connectivity index (χ2v) is 5.35. The molecule has 20 heavy (non-hydrogen) atoms. The van der Waals surface area contributed by atoms with Crippen LogP contribution in [0, 0.1) is 0 Å². The molecule has 0 saturated heterocycles. The number of hydrogen-bond acceptors (Lipinski definition) is 4. The summed E-state index contributed by atoms with van der Waals surface area (Å²) in [4.78, 5) is 0. The van der Waals surface area contributed by atoms with Crippen LogP contribution in [-0.4, -0.2) is 25.9 Å². The molecule has 1 aromatic rings. The predicted octanol–water partition coefficient (Wildman–Crippen LogP) is 3.30. The van der Waals surface area contributed by atoms with Crippen molar-refractivity contribution in [3.05, 3.63) is 23.8 Å². The molecule has 0 aliphatic carbocycles. The Morgan fingerprint density at radius 3 is 2.25 bits per heavy atom. The van der Waals surface area contributed by atoms with E-state index in [9.17, 15) is 0 Å². The highest BCUT2D eigenvalue weighted by Crippen LogP contribution is 2.32. The third-order valence-corrected chi connectivity index (χ3v) is 3.26. The van der Waals surface area contributed by atoms with E-state index in [1.807, 2.05) is 45.9 Å². The van der Waals surface area contributed by atoms with E-state index in [4.69, 9.17) is 19.9 Å². The van der Waals surface area contributed by atoms with Crippen molar-refractivity contribution >= 4 is 0 Å². The van der Waals surface area contributed by atoms with Crippen LogP contribution in [-0.2, 0) is 4.74 Å². The Hall–Kier alpha value is -1.26. The van der Waals surface area contributed by atoms with E-state index in [-0.39, 0.29) is 11.6 Å². The van der Waals surface area contributed by atoms with Gasteiger partial charge in [-0.3, -0.25) is 0 Å². The van der Waals surface area contributed by atoms with Crippen LogP contribution in [0.15, 0.2) is 18.2 Å². The highest BCUT2D eigenvalue weighted by molar-refractivity contribution is 5.44. The summed E-state index contributed by atoms with van der Waals surface area (Å²) in [6.45, 7) is 9.19. The first kappa shape index (κ1) is 16.8. The van der Waals surface area contributed by atoms with Crippen LogP contribution in [0.1, 0.15) is 45.7 Å². The number of hydrogen-bond donors (Lipinski definition) is 1. The maximum atomic E-state index is 6.27. The average Bonchev–Trinajstić information content (AvgIpc) is 2.40. The molecule has 0 heterocycles. The lowest BCUT2D eigenvalue weighted by molar-refractivity contribution is 0.00993. The third kappa shape index (κ3) is 4.69. The summed E-state index contributed by atoms with van der Waals surface area (Å²) < 4.78 is 16.6. The standard InChI is InChI=1S/C16H27NO3/c1-6-19-14-9-8-12(10-15(14)20-7-2)13(17)11-16(3,4)18-5/h8-10,13H,6-7,11,17H2,1-5H3. The fourth-order valence-electron chi connectivity index (χ4n) is 2.03. The molecule has 4 nitrogen and oxygen atoms in total. The van der Waals surface area contributed by atoms with Gasteiger partial charge in [-0.2, -0.15) is 0 Å². The molecule has 0 bridgehead atoms. The summed E-state index contributed by atoms with van der Waals surface area (Å²) in [6, 6.07) is 5.78. The molecule has 0 aliphatic rings. The molecular formula is C16H27NO3. The van der Waals surface area contributed by atoms with Crippen molar-refractivity contribution in [2.75, 3.05) is 20.3 Å². The molecule has 0 amide bonds. The highest BCUT2D eigenvalue weighted by Gasteiger charge is 2.22. The van der Waals surface area contributed by atoms with Gasteiger partial charge in [-0.05, 0) is 51.8 Å². The molecule has 1 atom stereocenters. The van der Waals surface area contributed by atoms with E-state index < -0.39 is 0 Å². The Morgan fingerprint density at radius 1 is 1.10 bits per heavy atom. The molecule has 1 rings (SSSR count). The third-order valence-electron chi connectivity index (χ3n) is 3.26. The molecule has 0 fully saturated rings. The van der Waals surface area contributed by atoms with Crippen LogP contribution in [0.5, 0.6) is 11.5 Å². The van der Waals surface area contributed by atoms with Crippen molar-refractivity contribution in [1.29, 1.82) is 0 Å². The lowest BCUT2D eigenvalue weighted by Gasteiger charge is -2.27. The SMILES string of the molecule is CCOc1ccc(C(N)CC(C)(C)OC)cc1OCC. The Bertz CT molecular complexity index is 418. The van der Waals surface area contributed by atoms with E-state index in [0.29, 0.717) is 13.2 Å². The zero-order chi connectivity index (χ0) is 15.2. The molecular weight excluding hydrogens is 254 g/mol. The van der Waals surface area contributed by atoms with E-state index in [1.54, 1.807) is 7.11 Å². The number of ether oxygens (including phenoxy) is 3. The molecule has 0 radical (unpaired) electrons. The van der Waals surface area contributed by atoms with Gasteiger partial charge >= 0.3 is 0 Å². The summed E-state index contributed by atoms with van der Waals surface area (Å²) in [6.07, 6.45) is 0.739. The van der Waals surface area contributed by atoms with Gasteiger partial charge in [0.15, 0.2) is 11.5 Å². The Morgan fingerprint density at radius 2 is 1.70 bits per heavy atom. The number of methoxy groups -OCH3 is 1. The van der Waals surface area contributed by atoms with Crippen molar-refractivity contribution in [3.8, 4) is 11.5 Å². The highest BCUT2D eigenvalue weighted by atomic mass is 16.5. The quantitative estimate of drug-likeness (QED) is 0.794. The molecule has 0 spiro atoms. The van der Waals surface area contributed by atoms with E-state index >= 15 is 0 Å². The Balaban J connectivity index is 2.92. The van der Waals surface area contributed by atoms with Gasteiger partial charge in [0.05, 0.1) is 18.8 Å². The van der Waals surface area contributed by atoms with Gasteiger partial charge in [0.2, 0.25) is 0 Å². The summed E-state index contributed by atoms with van der Waals surface area (Å²) in [5.74, 6) is 1.51. The minimum atomic E-state index is -0.246. The smallest absolute Gasteiger partial charge is 0.161 e. The largest absolute Gasteiger partial charge is 0.490 e. The normalized spacial score (nSPS) is 13.1. The summed E-state index contributed by atoms with van der Waals surface area (Å²) >= 11 is 0. The van der Waals surface area contributed by atoms with Gasteiger partial charge in [0.25, 0.3) is 0 Å². The van der Waals surface area contributed by atoms with Crippen LogP contribution < -0.4 is 15.2 Å². The lowest BCUT2D eigenvalue weighted by Crippen LogP contribution is -2.28. The zero-order valence-electron chi connectivity index (χ0n) is 13.2. The first-order valence-corrected chi connectivity index (χ1v) is 7.13. The minimum absolute atomic E-state index is 0.0974. The van der Waals surface area contributed by atoms with Crippen molar-refractivity contribution in [3.63, 3.8) is 0 Å². The van der Waals surface area contributed by atoms with Gasteiger partial charge in [0, 0.05) is 13.2 Å². The van der Waals surface area contributed by atoms with Crippen LogP contribution in [0.3, 0.4) is 0 Å². The fraction of sp³-hybridized carbons (Fsp3) is 0.625. The average molecular weight is 281 g/mol. The second-order valence-electron chi connectivity index (χ2n) is 5.35. The summed E-state index contributed by atoms with van der Waals surface area (Å²) in [5, 5.41) is 0. The van der Waals surface area contributed by atoms with Crippen molar-refractivity contribution in [2.24, 2.45) is 5.73 Å². The van der Waals surface area contributed by atoms with Gasteiger partial charge in [-0.15, -0.1) is 0 Å². The zero-order valence-corrected chi connectivity index (χ0v) is 13.2. The first-order chi connectivity index (χ1) is 9.43. The second kappa shape index (κ2) is 7.50. The van der Waals surface area contributed by atoms with Crippen LogP contribution in [0.2, 0.25) is 0 Å². The topological polar surface area (TPSA) is 53.7 Å². The number of benzene rings is 1. The predicted molar refractivity (Wildman–Crippen MR) is 81.4 cm³/mol. The number of nitrogens with two attached hydrogens (primary N) is 1. The maximum absolute atomic E-state index is 6.27. The summed E-state index contributed by atoms with van der Waals surface area (Å²) in [7, 11) is 1.70. The van der Waals surface area contributed by atoms with Crippen LogP contribution >= 0.6 is 0 Å². The Labute approximate surface area is 122 Å². The molecule has 1 unspecified atom stereocenters. The van der Waals surface area contributed by atoms with E-state index in [1.165, 1.54) is 0 Å². The van der Waals surface area contributed by atoms with Crippen molar-refractivity contribution < 1.29 is 14.2 Å². The molecule has 0 aliphatic heterocycles. The lowest BCUT2D eigenvalue weighted by atomic mass is 9.94. The van der Waals surface area contributed by atoms with Crippen molar-refractivity contribution in [1.82, 2.24) is 0 Å². The monoisotopic (exact) mass is 281 g/mol. The molecule has 4 heteroatoms. The minimum Gasteiger partial charge on any atom is -0.490 e. The van der Waals surface area contributed by atoms with Gasteiger partial charge in [-0.25, -0.2) is 0 Å². The van der Waals surface area contributed by atoms with Gasteiger partial charge in [0.1, 0.15) is 0 Å². The fourth-order valence-corrected chi connectivity index (χ4v) is 2.03. The first-order valence-electron chi connectivity index (χ1n) is 7.13. The molecule has 1 aromatic carbocycles. The van der Waals surface area contributed by atoms with Crippen LogP contribution in [0.4, 0.5) is 0 Å².